The van der Waals surface area contributed by atoms with Gasteiger partial charge in [-0.1, -0.05) is 32.6 Å². The molecule has 2 rings (SSSR count). The van der Waals surface area contributed by atoms with Crippen LogP contribution >= 0.6 is 0 Å². The fourth-order valence-electron chi connectivity index (χ4n) is 2.40. The van der Waals surface area contributed by atoms with Crippen molar-refractivity contribution >= 4 is 14.5 Å². The number of hydrogen-bond acceptors (Lipinski definition) is 0. The predicted molar refractivity (Wildman–Crippen MR) is 111 cm³/mol. The maximum Gasteiger partial charge on any atom is 0.673 e. The van der Waals surface area contributed by atoms with Crippen molar-refractivity contribution in [1.29, 1.82) is 0 Å². The van der Waals surface area contributed by atoms with Gasteiger partial charge in [0.15, 0.2) is 0 Å². The van der Waals surface area contributed by atoms with Crippen LogP contribution in [0.5, 0.6) is 0 Å². The Labute approximate surface area is 185 Å². The Morgan fingerprint density at radius 3 is 1.31 bits per heavy atom. The minimum atomic E-state index is -6.00. The van der Waals surface area contributed by atoms with E-state index in [1.165, 1.54) is 45.1 Å². The number of unbranched alkanes of at least 4 members (excludes halogenated alkanes) is 5. The Hall–Kier alpha value is -2.01. The number of imidazole rings is 2. The molecule has 188 valence electrons. The lowest BCUT2D eigenvalue weighted by Gasteiger charge is -1.98. The number of rotatable bonds is 8. The van der Waals surface area contributed by atoms with Crippen molar-refractivity contribution in [2.75, 3.05) is 0 Å². The largest absolute Gasteiger partial charge is 0.673 e. The Morgan fingerprint density at radius 2 is 1.00 bits per heavy atom. The van der Waals surface area contributed by atoms with Crippen LogP contribution in [0.15, 0.2) is 37.4 Å². The van der Waals surface area contributed by atoms with E-state index in [0.29, 0.717) is 0 Å². The normalized spacial score (nSPS) is 10.9. The Kier molecular flexibility index (Phi) is 17.6. The summed E-state index contributed by atoms with van der Waals surface area (Å²) in [6, 6.07) is 0. The van der Waals surface area contributed by atoms with E-state index in [9.17, 15) is 34.5 Å². The maximum atomic E-state index is 9.75. The number of halogens is 8. The first-order valence-electron chi connectivity index (χ1n) is 10.4. The molecule has 2 heterocycles. The smallest absolute Gasteiger partial charge is 0.418 e. The summed E-state index contributed by atoms with van der Waals surface area (Å²) in [6.45, 7) is 6.62. The van der Waals surface area contributed by atoms with Crippen molar-refractivity contribution in [3.8, 4) is 0 Å². The fourth-order valence-corrected chi connectivity index (χ4v) is 2.40. The predicted octanol–water partition coefficient (Wildman–Crippen LogP) is 5.61. The zero-order valence-electron chi connectivity index (χ0n) is 19.1. The van der Waals surface area contributed by atoms with E-state index in [4.69, 9.17) is 0 Å². The molecule has 0 aliphatic rings. The monoisotopic (exact) mass is 480 g/mol. The van der Waals surface area contributed by atoms with Gasteiger partial charge in [0, 0.05) is 0 Å². The van der Waals surface area contributed by atoms with Gasteiger partial charge in [0.1, 0.15) is 24.8 Å². The zero-order valence-corrected chi connectivity index (χ0v) is 19.1. The van der Waals surface area contributed by atoms with E-state index >= 15 is 0 Å². The average molecular weight is 480 g/mol. The summed E-state index contributed by atoms with van der Waals surface area (Å²) in [7, 11) is -7.91. The first-order valence-corrected chi connectivity index (χ1v) is 10.4. The summed E-state index contributed by atoms with van der Waals surface area (Å²) in [5, 5.41) is 0. The van der Waals surface area contributed by atoms with Crippen LogP contribution in [0.3, 0.4) is 0 Å². The van der Waals surface area contributed by atoms with E-state index in [1.54, 1.807) is 0 Å². The van der Waals surface area contributed by atoms with Crippen LogP contribution in [0.25, 0.3) is 0 Å². The topological polar surface area (TPSA) is 17.6 Å². The molecule has 0 N–H and O–H groups in total. The minimum Gasteiger partial charge on any atom is -0.418 e. The molecule has 0 aliphatic carbocycles. The molecule has 0 aliphatic heterocycles. The van der Waals surface area contributed by atoms with Gasteiger partial charge in [-0.25, -0.2) is 18.3 Å². The van der Waals surface area contributed by atoms with Gasteiger partial charge < -0.3 is 34.5 Å². The molecule has 0 unspecified atom stereocenters. The molecule has 0 spiro atoms. The first-order chi connectivity index (χ1) is 14.7. The molecule has 0 saturated heterocycles. The number of hydrogen-bond donors (Lipinski definition) is 0. The fraction of sp³-hybridized carbons (Fsp3) is 0.667. The Balaban J connectivity index is 0. The quantitative estimate of drug-likeness (QED) is 0.203. The maximum absolute atomic E-state index is 9.75. The van der Waals surface area contributed by atoms with E-state index in [1.807, 2.05) is 17.8 Å². The third kappa shape index (κ3) is 30.2. The SMILES string of the molecule is CCCCCCCCn1cc[n+](C)c1.CCn1cc[n+](C)c1.F[B-](F)(F)F.F[B-](F)(F)F. The summed E-state index contributed by atoms with van der Waals surface area (Å²) in [5.41, 5.74) is 0. The first kappa shape index (κ1) is 32.2. The zero-order chi connectivity index (χ0) is 25.2. The van der Waals surface area contributed by atoms with Crippen LogP contribution < -0.4 is 9.13 Å². The van der Waals surface area contributed by atoms with Crippen molar-refractivity contribution in [1.82, 2.24) is 9.13 Å². The Morgan fingerprint density at radius 1 is 0.625 bits per heavy atom. The molecule has 0 atom stereocenters. The molecule has 0 fully saturated rings. The second kappa shape index (κ2) is 17.5. The van der Waals surface area contributed by atoms with E-state index in [-0.39, 0.29) is 0 Å². The molecule has 2 aromatic rings. The highest BCUT2D eigenvalue weighted by Crippen LogP contribution is 2.07. The van der Waals surface area contributed by atoms with Crippen LogP contribution in [0.1, 0.15) is 52.4 Å². The highest BCUT2D eigenvalue weighted by Gasteiger charge is 2.21. The number of aromatic nitrogens is 4. The molecule has 0 saturated carbocycles. The van der Waals surface area contributed by atoms with Crippen molar-refractivity contribution in [3.63, 3.8) is 0 Å². The van der Waals surface area contributed by atoms with Gasteiger partial charge in [0.05, 0.1) is 27.2 Å². The summed E-state index contributed by atoms with van der Waals surface area (Å²) in [5.74, 6) is 0. The molecule has 0 bridgehead atoms. The second-order valence-corrected chi connectivity index (χ2v) is 6.98. The molecule has 0 radical (unpaired) electrons. The van der Waals surface area contributed by atoms with Crippen LogP contribution in [-0.2, 0) is 27.2 Å². The van der Waals surface area contributed by atoms with Crippen molar-refractivity contribution in [2.24, 2.45) is 14.1 Å². The standard InChI is InChI=1S/C12H23N2.C6H11N2.2BF4/c1-3-4-5-6-7-8-9-14-11-10-13(2)12-14;1-3-8-5-4-7(2)6-8;2*2-1(3,4)5/h10-12H,3-9H2,1-2H3;4-6H,3H2,1-2H3;;/q2*+1;2*-1. The van der Waals surface area contributed by atoms with E-state index in [0.717, 1.165) is 6.54 Å². The van der Waals surface area contributed by atoms with Gasteiger partial charge in [-0.3, -0.25) is 0 Å². The lowest BCUT2D eigenvalue weighted by atomic mass is 10.1. The minimum absolute atomic E-state index is 1.06. The van der Waals surface area contributed by atoms with Gasteiger partial charge in [0.25, 0.3) is 0 Å². The molecule has 32 heavy (non-hydrogen) atoms. The van der Waals surface area contributed by atoms with Gasteiger partial charge in [0.2, 0.25) is 12.7 Å². The molecule has 0 amide bonds. The molecular formula is C18H34B2F8N4. The second-order valence-electron chi connectivity index (χ2n) is 6.98. The van der Waals surface area contributed by atoms with Crippen molar-refractivity contribution in [2.45, 2.75) is 65.5 Å². The van der Waals surface area contributed by atoms with Crippen molar-refractivity contribution < 1.29 is 43.7 Å². The van der Waals surface area contributed by atoms with Gasteiger partial charge in [-0.05, 0) is 19.8 Å². The van der Waals surface area contributed by atoms with Crippen LogP contribution in [0, 0.1) is 0 Å². The highest BCUT2D eigenvalue weighted by molar-refractivity contribution is 6.50. The number of aryl methyl sites for hydroxylation is 4. The number of nitrogens with zero attached hydrogens (tertiary/aromatic N) is 4. The molecular weight excluding hydrogens is 446 g/mol. The lowest BCUT2D eigenvalue weighted by Crippen LogP contribution is -2.23. The Bertz CT molecular complexity index is 663. The van der Waals surface area contributed by atoms with Gasteiger partial charge in [-0.2, -0.15) is 0 Å². The highest BCUT2D eigenvalue weighted by atomic mass is 19.5. The average Bonchev–Trinajstić information content (AvgIpc) is 3.23. The molecule has 2 aromatic heterocycles. The summed E-state index contributed by atoms with van der Waals surface area (Å²) in [6.07, 6.45) is 20.8. The van der Waals surface area contributed by atoms with Gasteiger partial charge in [-0.15, -0.1) is 0 Å². The summed E-state index contributed by atoms with van der Waals surface area (Å²) >= 11 is 0. The third-order valence-electron chi connectivity index (χ3n) is 3.78. The van der Waals surface area contributed by atoms with Crippen LogP contribution in [0.2, 0.25) is 0 Å². The summed E-state index contributed by atoms with van der Waals surface area (Å²) < 4.78 is 86.5. The van der Waals surface area contributed by atoms with Crippen molar-refractivity contribution in [3.05, 3.63) is 37.4 Å². The third-order valence-corrected chi connectivity index (χ3v) is 3.78. The van der Waals surface area contributed by atoms with Gasteiger partial charge >= 0.3 is 14.5 Å². The summed E-state index contributed by atoms with van der Waals surface area (Å²) in [4.78, 5) is 0. The van der Waals surface area contributed by atoms with E-state index < -0.39 is 14.5 Å². The molecule has 0 aromatic carbocycles. The van der Waals surface area contributed by atoms with Crippen LogP contribution in [0.4, 0.5) is 34.5 Å². The molecule has 4 nitrogen and oxygen atoms in total. The molecule has 14 heteroatoms. The lowest BCUT2D eigenvalue weighted by molar-refractivity contribution is -0.671. The van der Waals surface area contributed by atoms with E-state index in [2.05, 4.69) is 65.8 Å². The van der Waals surface area contributed by atoms with Crippen LogP contribution in [-0.4, -0.2) is 23.6 Å².